The van der Waals surface area contributed by atoms with Crippen molar-refractivity contribution in [1.29, 1.82) is 0 Å². The molecule has 1 aromatic rings. The van der Waals surface area contributed by atoms with Gasteiger partial charge in [-0.15, -0.1) is 0 Å². The van der Waals surface area contributed by atoms with Gasteiger partial charge in [0.15, 0.2) is 0 Å². The van der Waals surface area contributed by atoms with Crippen molar-refractivity contribution in [2.45, 2.75) is 32.6 Å². The van der Waals surface area contributed by atoms with Crippen LogP contribution in [0.4, 0.5) is 5.69 Å². The Kier molecular flexibility index (Phi) is 3.65. The van der Waals surface area contributed by atoms with Crippen molar-refractivity contribution in [3.05, 3.63) is 29.8 Å². The maximum absolute atomic E-state index is 5.64. The molecule has 0 heterocycles. The van der Waals surface area contributed by atoms with Crippen LogP contribution >= 0.6 is 0 Å². The summed E-state index contributed by atoms with van der Waals surface area (Å²) >= 11 is 0. The lowest BCUT2D eigenvalue weighted by Gasteiger charge is -2.00. The minimum Gasteiger partial charge on any atom is -0.399 e. The van der Waals surface area contributed by atoms with Crippen molar-refractivity contribution in [3.8, 4) is 0 Å². The molecule has 0 bridgehead atoms. The first kappa shape index (κ1) is 9.11. The van der Waals surface area contributed by atoms with Crippen LogP contribution < -0.4 is 5.73 Å². The molecule has 2 N–H and O–H groups in total. The first-order valence-electron chi connectivity index (χ1n) is 4.59. The van der Waals surface area contributed by atoms with Gasteiger partial charge >= 0.3 is 0 Å². The topological polar surface area (TPSA) is 26.0 Å². The summed E-state index contributed by atoms with van der Waals surface area (Å²) in [5, 5.41) is 0. The normalized spacial score (nSPS) is 10.1. The molecule has 12 heavy (non-hydrogen) atoms. The van der Waals surface area contributed by atoms with Crippen molar-refractivity contribution < 1.29 is 0 Å². The number of unbranched alkanes of at least 4 members (excludes halogenated alkanes) is 2. The van der Waals surface area contributed by atoms with E-state index in [4.69, 9.17) is 5.73 Å². The molecule has 0 fully saturated rings. The summed E-state index contributed by atoms with van der Waals surface area (Å²) in [6, 6.07) is 8.98. The summed E-state index contributed by atoms with van der Waals surface area (Å²) in [5.74, 6) is 0. The Bertz CT molecular complexity index is 230. The summed E-state index contributed by atoms with van der Waals surface area (Å²) < 4.78 is 0. The van der Waals surface area contributed by atoms with E-state index in [0.717, 1.165) is 12.1 Å². The predicted octanol–water partition coefficient (Wildman–Crippen LogP) is 2.80. The summed E-state index contributed by atoms with van der Waals surface area (Å²) in [7, 11) is 0. The van der Waals surface area contributed by atoms with Crippen LogP contribution in [0.1, 0.15) is 31.7 Å². The fourth-order valence-corrected chi connectivity index (χ4v) is 1.25. The molecular formula is C11H16N. The van der Waals surface area contributed by atoms with Crippen LogP contribution in [0.15, 0.2) is 18.2 Å². The second-order valence-corrected chi connectivity index (χ2v) is 3.10. The second kappa shape index (κ2) is 4.81. The van der Waals surface area contributed by atoms with Gasteiger partial charge in [0.2, 0.25) is 0 Å². The Balaban J connectivity index is 2.41. The maximum atomic E-state index is 5.64. The summed E-state index contributed by atoms with van der Waals surface area (Å²) in [5.41, 5.74) is 7.73. The number of anilines is 1. The molecule has 0 amide bonds. The molecule has 1 heteroatoms. The van der Waals surface area contributed by atoms with Crippen molar-refractivity contribution in [1.82, 2.24) is 0 Å². The molecule has 0 aromatic heterocycles. The van der Waals surface area contributed by atoms with E-state index in [9.17, 15) is 0 Å². The van der Waals surface area contributed by atoms with Gasteiger partial charge in [0.25, 0.3) is 0 Å². The standard InChI is InChI=1S/C11H16N/c1-2-3-4-6-10-7-5-8-11(12)9-10/h5,8-9H,2-4,6,12H2,1H3. The highest BCUT2D eigenvalue weighted by Crippen LogP contribution is 2.09. The van der Waals surface area contributed by atoms with Gasteiger partial charge in [-0.1, -0.05) is 25.8 Å². The number of rotatable bonds is 4. The van der Waals surface area contributed by atoms with Crippen molar-refractivity contribution in [3.63, 3.8) is 0 Å². The lowest BCUT2D eigenvalue weighted by molar-refractivity contribution is 0.717. The number of aryl methyl sites for hydroxylation is 1. The van der Waals surface area contributed by atoms with Gasteiger partial charge in [-0.3, -0.25) is 0 Å². The van der Waals surface area contributed by atoms with Gasteiger partial charge in [-0.25, -0.2) is 0 Å². The van der Waals surface area contributed by atoms with Gasteiger partial charge in [0.05, 0.1) is 0 Å². The first-order valence-corrected chi connectivity index (χ1v) is 4.59. The van der Waals surface area contributed by atoms with Crippen molar-refractivity contribution in [2.75, 3.05) is 5.73 Å². The zero-order valence-corrected chi connectivity index (χ0v) is 7.64. The molecule has 0 aliphatic carbocycles. The van der Waals surface area contributed by atoms with E-state index in [1.165, 1.54) is 24.8 Å². The third-order valence-corrected chi connectivity index (χ3v) is 1.94. The number of nitrogens with two attached hydrogens (primary N) is 1. The molecule has 0 saturated heterocycles. The van der Waals surface area contributed by atoms with Gasteiger partial charge in [-0.05, 0) is 36.6 Å². The van der Waals surface area contributed by atoms with E-state index >= 15 is 0 Å². The first-order chi connectivity index (χ1) is 5.83. The lowest BCUT2D eigenvalue weighted by atomic mass is 10.1. The average Bonchev–Trinajstić information content (AvgIpc) is 2.05. The molecule has 1 radical (unpaired) electrons. The van der Waals surface area contributed by atoms with Crippen LogP contribution in [-0.4, -0.2) is 0 Å². The molecule has 65 valence electrons. The fraction of sp³-hybridized carbons (Fsp3) is 0.455. The van der Waals surface area contributed by atoms with Crippen LogP contribution in [-0.2, 0) is 6.42 Å². The molecule has 0 saturated carbocycles. The monoisotopic (exact) mass is 162 g/mol. The zero-order chi connectivity index (χ0) is 8.81. The molecule has 0 atom stereocenters. The largest absolute Gasteiger partial charge is 0.399 e. The highest BCUT2D eigenvalue weighted by Gasteiger charge is 1.93. The summed E-state index contributed by atoms with van der Waals surface area (Å²) in [6.07, 6.45) is 4.92. The molecule has 1 rings (SSSR count). The molecular weight excluding hydrogens is 146 g/mol. The quantitative estimate of drug-likeness (QED) is 0.534. The van der Waals surface area contributed by atoms with Gasteiger partial charge < -0.3 is 5.73 Å². The van der Waals surface area contributed by atoms with E-state index in [0.29, 0.717) is 0 Å². The maximum Gasteiger partial charge on any atom is 0.0317 e. The van der Waals surface area contributed by atoms with Crippen LogP contribution in [0.5, 0.6) is 0 Å². The molecule has 0 aliphatic heterocycles. The van der Waals surface area contributed by atoms with Crippen molar-refractivity contribution >= 4 is 5.69 Å². The Morgan fingerprint density at radius 3 is 2.92 bits per heavy atom. The Labute approximate surface area is 74.6 Å². The average molecular weight is 162 g/mol. The minimum atomic E-state index is 0.847. The van der Waals surface area contributed by atoms with E-state index in [-0.39, 0.29) is 0 Å². The van der Waals surface area contributed by atoms with E-state index in [1.54, 1.807) is 0 Å². The van der Waals surface area contributed by atoms with Crippen molar-refractivity contribution in [2.24, 2.45) is 0 Å². The van der Waals surface area contributed by atoms with Crippen LogP contribution in [0.3, 0.4) is 0 Å². The second-order valence-electron chi connectivity index (χ2n) is 3.10. The smallest absolute Gasteiger partial charge is 0.0317 e. The van der Waals surface area contributed by atoms with Crippen LogP contribution in [0.25, 0.3) is 0 Å². The van der Waals surface area contributed by atoms with Gasteiger partial charge in [-0.2, -0.15) is 0 Å². The zero-order valence-electron chi connectivity index (χ0n) is 7.64. The molecule has 0 spiro atoms. The Morgan fingerprint density at radius 1 is 1.42 bits per heavy atom. The third kappa shape index (κ3) is 2.95. The molecule has 0 unspecified atom stereocenters. The Morgan fingerprint density at radius 2 is 2.25 bits per heavy atom. The summed E-state index contributed by atoms with van der Waals surface area (Å²) in [4.78, 5) is 0. The highest BCUT2D eigenvalue weighted by molar-refractivity contribution is 5.40. The summed E-state index contributed by atoms with van der Waals surface area (Å²) in [6.45, 7) is 2.21. The molecule has 0 aliphatic rings. The number of nitrogen functional groups attached to an aromatic ring is 1. The lowest BCUT2D eigenvalue weighted by Crippen LogP contribution is -1.89. The van der Waals surface area contributed by atoms with E-state index in [1.807, 2.05) is 18.2 Å². The Hall–Kier alpha value is -0.980. The van der Waals surface area contributed by atoms with Gasteiger partial charge in [0, 0.05) is 5.69 Å². The third-order valence-electron chi connectivity index (χ3n) is 1.94. The number of hydrogen-bond acceptors (Lipinski definition) is 1. The minimum absolute atomic E-state index is 0.847. The van der Waals surface area contributed by atoms with E-state index < -0.39 is 0 Å². The highest BCUT2D eigenvalue weighted by atomic mass is 14.5. The number of benzene rings is 1. The van der Waals surface area contributed by atoms with Crippen LogP contribution in [0, 0.1) is 6.07 Å². The SMILES string of the molecule is CCCCCc1[c]ccc(N)c1. The molecule has 1 nitrogen and oxygen atoms in total. The number of hydrogen-bond donors (Lipinski definition) is 1. The van der Waals surface area contributed by atoms with E-state index in [2.05, 4.69) is 13.0 Å². The van der Waals surface area contributed by atoms with Gasteiger partial charge in [0.1, 0.15) is 0 Å². The molecule has 1 aromatic carbocycles. The predicted molar refractivity (Wildman–Crippen MR) is 52.9 cm³/mol. The van der Waals surface area contributed by atoms with Crippen LogP contribution in [0.2, 0.25) is 0 Å². The fourth-order valence-electron chi connectivity index (χ4n) is 1.25.